The van der Waals surface area contributed by atoms with E-state index in [1.54, 1.807) is 13.3 Å². The van der Waals surface area contributed by atoms with Gasteiger partial charge in [0.05, 0.1) is 12.6 Å². The third-order valence-corrected chi connectivity index (χ3v) is 3.36. The molecule has 0 bridgehead atoms. The molecule has 0 saturated carbocycles. The number of rotatable bonds is 2. The fourth-order valence-electron chi connectivity index (χ4n) is 1.89. The van der Waals surface area contributed by atoms with Gasteiger partial charge >= 0.3 is 0 Å². The summed E-state index contributed by atoms with van der Waals surface area (Å²) in [5.74, 6) is 0.828. The Morgan fingerprint density at radius 3 is 2.89 bits per heavy atom. The average molecular weight is 351 g/mol. The molecule has 0 saturated heterocycles. The number of hydrogen-bond acceptors (Lipinski definition) is 3. The number of fused-ring (bicyclic) bond motifs is 1. The van der Waals surface area contributed by atoms with Crippen molar-refractivity contribution in [2.45, 2.75) is 0 Å². The molecule has 4 nitrogen and oxygen atoms in total. The number of nitrogens with one attached hydrogen (secondary N) is 1. The smallest absolute Gasteiger partial charge is 0.119 e. The average Bonchev–Trinajstić information content (AvgIpc) is 2.81. The Morgan fingerprint density at radius 2 is 2.11 bits per heavy atom. The number of aromatic nitrogens is 3. The summed E-state index contributed by atoms with van der Waals surface area (Å²) >= 11 is 2.19. The number of pyridine rings is 1. The molecule has 0 amide bonds. The van der Waals surface area contributed by atoms with Crippen molar-refractivity contribution >= 4 is 33.5 Å². The fraction of sp³-hybridized carbons (Fsp3) is 0.0769. The predicted molar refractivity (Wildman–Crippen MR) is 78.6 cm³/mol. The van der Waals surface area contributed by atoms with Crippen LogP contribution in [0.4, 0.5) is 0 Å². The lowest BCUT2D eigenvalue weighted by atomic mass is 10.1. The van der Waals surface area contributed by atoms with Crippen molar-refractivity contribution in [3.05, 3.63) is 40.2 Å². The van der Waals surface area contributed by atoms with Crippen molar-refractivity contribution in [1.29, 1.82) is 0 Å². The van der Waals surface area contributed by atoms with E-state index in [1.165, 1.54) is 0 Å². The highest BCUT2D eigenvalue weighted by Crippen LogP contribution is 2.29. The lowest BCUT2D eigenvalue weighted by Crippen LogP contribution is -1.84. The quantitative estimate of drug-likeness (QED) is 0.570. The molecule has 5 heteroatoms. The summed E-state index contributed by atoms with van der Waals surface area (Å²) in [4.78, 5) is 4.19. The van der Waals surface area contributed by atoms with Crippen LogP contribution in [0.3, 0.4) is 0 Å². The molecule has 1 aromatic carbocycles. The lowest BCUT2D eigenvalue weighted by Gasteiger charge is -2.01. The van der Waals surface area contributed by atoms with Crippen molar-refractivity contribution in [3.63, 3.8) is 0 Å². The second-order valence-corrected chi connectivity index (χ2v) is 4.96. The monoisotopic (exact) mass is 351 g/mol. The summed E-state index contributed by atoms with van der Waals surface area (Å²) in [5, 5.41) is 8.45. The molecule has 0 aliphatic heterocycles. The van der Waals surface area contributed by atoms with Gasteiger partial charge in [-0.1, -0.05) is 0 Å². The molecule has 0 aliphatic rings. The van der Waals surface area contributed by atoms with Crippen molar-refractivity contribution in [2.24, 2.45) is 0 Å². The summed E-state index contributed by atoms with van der Waals surface area (Å²) in [6.07, 6.45) is 1.79. The Balaban J connectivity index is 2.22. The highest BCUT2D eigenvalue weighted by atomic mass is 127. The number of methoxy groups -OCH3 is 1. The molecule has 1 N–H and O–H groups in total. The molecule has 0 fully saturated rings. The van der Waals surface area contributed by atoms with E-state index in [0.29, 0.717) is 0 Å². The SMILES string of the molecule is COc1ccc2[nH]nc(-c3ccnc(I)c3)c2c1. The van der Waals surface area contributed by atoms with Crippen molar-refractivity contribution in [1.82, 2.24) is 15.2 Å². The van der Waals surface area contributed by atoms with Gasteiger partial charge < -0.3 is 4.74 Å². The first kappa shape index (κ1) is 11.5. The standard InChI is InChI=1S/C13H10IN3O/c1-18-9-2-3-11-10(7-9)13(17-16-11)8-4-5-15-12(14)6-8/h2-7H,1H3,(H,16,17). The summed E-state index contributed by atoms with van der Waals surface area (Å²) in [5.41, 5.74) is 2.97. The number of H-pyrrole nitrogens is 1. The van der Waals surface area contributed by atoms with Gasteiger partial charge in [-0.05, 0) is 52.9 Å². The van der Waals surface area contributed by atoms with E-state index >= 15 is 0 Å². The Kier molecular flexibility index (Phi) is 2.91. The van der Waals surface area contributed by atoms with Crippen molar-refractivity contribution < 1.29 is 4.74 Å². The summed E-state index contributed by atoms with van der Waals surface area (Å²) in [7, 11) is 1.66. The Hall–Kier alpha value is -1.63. The minimum absolute atomic E-state index is 0.828. The van der Waals surface area contributed by atoms with Gasteiger partial charge in [-0.2, -0.15) is 5.10 Å². The van der Waals surface area contributed by atoms with Gasteiger partial charge in [-0.3, -0.25) is 10.1 Å². The van der Waals surface area contributed by atoms with Gasteiger partial charge in [0.25, 0.3) is 0 Å². The molecule has 3 aromatic rings. The van der Waals surface area contributed by atoms with Gasteiger partial charge in [0.15, 0.2) is 0 Å². The molecule has 3 rings (SSSR count). The van der Waals surface area contributed by atoms with Gasteiger partial charge in [0.1, 0.15) is 15.1 Å². The maximum absolute atomic E-state index is 5.25. The normalized spacial score (nSPS) is 10.8. The zero-order valence-electron chi connectivity index (χ0n) is 9.64. The number of aromatic amines is 1. The van der Waals surface area contributed by atoms with E-state index in [9.17, 15) is 0 Å². The second-order valence-electron chi connectivity index (χ2n) is 3.85. The predicted octanol–water partition coefficient (Wildman–Crippen LogP) is 3.24. The van der Waals surface area contributed by atoms with Crippen LogP contribution in [0.2, 0.25) is 0 Å². The summed E-state index contributed by atoms with van der Waals surface area (Å²) in [6.45, 7) is 0. The first-order valence-corrected chi connectivity index (χ1v) is 6.50. The second kappa shape index (κ2) is 4.56. The number of nitrogens with zero attached hydrogens (tertiary/aromatic N) is 2. The molecular weight excluding hydrogens is 341 g/mol. The fourth-order valence-corrected chi connectivity index (χ4v) is 2.39. The number of hydrogen-bond donors (Lipinski definition) is 1. The van der Waals surface area contributed by atoms with Gasteiger partial charge in [-0.15, -0.1) is 0 Å². The van der Waals surface area contributed by atoms with Gasteiger partial charge in [0, 0.05) is 17.1 Å². The van der Waals surface area contributed by atoms with Crippen LogP contribution in [0, 0.1) is 3.70 Å². The van der Waals surface area contributed by atoms with E-state index < -0.39 is 0 Å². The first-order valence-electron chi connectivity index (χ1n) is 5.42. The largest absolute Gasteiger partial charge is 0.497 e. The third kappa shape index (κ3) is 1.94. The molecular formula is C13H10IN3O. The van der Waals surface area contributed by atoms with Crippen LogP contribution in [0.5, 0.6) is 5.75 Å². The van der Waals surface area contributed by atoms with Crippen LogP contribution in [-0.4, -0.2) is 22.3 Å². The van der Waals surface area contributed by atoms with Crippen LogP contribution in [0.15, 0.2) is 36.5 Å². The van der Waals surface area contributed by atoms with E-state index in [0.717, 1.165) is 31.6 Å². The van der Waals surface area contributed by atoms with Gasteiger partial charge in [-0.25, -0.2) is 0 Å². The zero-order valence-corrected chi connectivity index (χ0v) is 11.8. The summed E-state index contributed by atoms with van der Waals surface area (Å²) < 4.78 is 6.20. The molecule has 0 unspecified atom stereocenters. The molecule has 0 aliphatic carbocycles. The topological polar surface area (TPSA) is 50.8 Å². The molecule has 0 atom stereocenters. The highest BCUT2D eigenvalue weighted by molar-refractivity contribution is 14.1. The molecule has 2 aromatic heterocycles. The minimum atomic E-state index is 0.828. The Labute approximate surface area is 118 Å². The maximum atomic E-state index is 5.25. The number of halogens is 1. The third-order valence-electron chi connectivity index (χ3n) is 2.77. The Morgan fingerprint density at radius 1 is 1.22 bits per heavy atom. The van der Waals surface area contributed by atoms with E-state index in [1.807, 2.05) is 30.3 Å². The van der Waals surface area contributed by atoms with Crippen LogP contribution >= 0.6 is 22.6 Å². The van der Waals surface area contributed by atoms with Crippen LogP contribution in [0.1, 0.15) is 0 Å². The van der Waals surface area contributed by atoms with E-state index in [4.69, 9.17) is 4.74 Å². The van der Waals surface area contributed by atoms with Crippen LogP contribution < -0.4 is 4.74 Å². The minimum Gasteiger partial charge on any atom is -0.497 e. The van der Waals surface area contributed by atoms with Crippen LogP contribution in [0.25, 0.3) is 22.2 Å². The zero-order chi connectivity index (χ0) is 12.5. The first-order chi connectivity index (χ1) is 8.78. The molecule has 18 heavy (non-hydrogen) atoms. The van der Waals surface area contributed by atoms with E-state index in [2.05, 4.69) is 37.8 Å². The van der Waals surface area contributed by atoms with Crippen molar-refractivity contribution in [3.8, 4) is 17.0 Å². The summed E-state index contributed by atoms with van der Waals surface area (Å²) in [6, 6.07) is 9.84. The number of ether oxygens (including phenoxy) is 1. The maximum Gasteiger partial charge on any atom is 0.119 e. The van der Waals surface area contributed by atoms with Crippen molar-refractivity contribution in [2.75, 3.05) is 7.11 Å². The molecule has 90 valence electrons. The highest BCUT2D eigenvalue weighted by Gasteiger charge is 2.09. The molecule has 0 spiro atoms. The lowest BCUT2D eigenvalue weighted by molar-refractivity contribution is 0.415. The Bertz CT molecular complexity index is 708. The van der Waals surface area contributed by atoms with Gasteiger partial charge in [0.2, 0.25) is 0 Å². The molecule has 2 heterocycles. The molecule has 0 radical (unpaired) electrons. The van der Waals surface area contributed by atoms with E-state index in [-0.39, 0.29) is 0 Å². The van der Waals surface area contributed by atoms with Crippen LogP contribution in [-0.2, 0) is 0 Å². The number of benzene rings is 1.